The number of hydrogen-bond donors (Lipinski definition) is 1. The largest absolute Gasteiger partial charge is 0.338 e. The van der Waals surface area contributed by atoms with Gasteiger partial charge in [0.1, 0.15) is 0 Å². The Morgan fingerprint density at radius 2 is 1.50 bits per heavy atom. The average Bonchev–Trinajstić information content (AvgIpc) is 3.26. The molecule has 1 aliphatic heterocycles. The number of carbonyl (C=O) groups excluding carboxylic acids is 2. The lowest BCUT2D eigenvalue weighted by Gasteiger charge is -2.36. The van der Waals surface area contributed by atoms with Crippen molar-refractivity contribution in [3.63, 3.8) is 0 Å². The van der Waals surface area contributed by atoms with Crippen molar-refractivity contribution in [1.29, 1.82) is 0 Å². The van der Waals surface area contributed by atoms with Gasteiger partial charge in [-0.15, -0.1) is 12.4 Å². The number of nitrogens with two attached hydrogens (primary N) is 1. The van der Waals surface area contributed by atoms with E-state index in [0.29, 0.717) is 36.8 Å². The second-order valence-corrected chi connectivity index (χ2v) is 6.18. The Morgan fingerprint density at radius 3 is 2.00 bits per heavy atom. The molecule has 0 spiro atoms. The third-order valence-corrected chi connectivity index (χ3v) is 4.41. The highest BCUT2D eigenvalue weighted by Gasteiger charge is 2.48. The summed E-state index contributed by atoms with van der Waals surface area (Å²) in [5.74, 6) is 0.00809. The number of halogens is 2. The molecule has 1 aliphatic carbocycles. The maximum atomic E-state index is 12.4. The van der Waals surface area contributed by atoms with Gasteiger partial charge in [-0.2, -0.15) is 0 Å². The Bertz CT molecular complexity index is 565. The van der Waals surface area contributed by atoms with E-state index in [4.69, 9.17) is 17.3 Å². The molecule has 0 atom stereocenters. The minimum atomic E-state index is -0.623. The van der Waals surface area contributed by atoms with Crippen LogP contribution in [0, 0.1) is 0 Å². The summed E-state index contributed by atoms with van der Waals surface area (Å²) in [6.07, 6.45) is 1.55. The zero-order chi connectivity index (χ0) is 15.0. The van der Waals surface area contributed by atoms with Gasteiger partial charge in [0, 0.05) is 36.8 Å². The fraction of sp³-hybridized carbons (Fsp3) is 0.467. The van der Waals surface area contributed by atoms with Crippen LogP contribution < -0.4 is 5.73 Å². The van der Waals surface area contributed by atoms with Crippen molar-refractivity contribution in [1.82, 2.24) is 9.80 Å². The first-order valence-electron chi connectivity index (χ1n) is 7.13. The van der Waals surface area contributed by atoms with E-state index < -0.39 is 5.54 Å². The molecule has 5 nitrogen and oxygen atoms in total. The second-order valence-electron chi connectivity index (χ2n) is 5.75. The van der Waals surface area contributed by atoms with E-state index in [1.165, 1.54) is 0 Å². The number of hydrogen-bond acceptors (Lipinski definition) is 3. The predicted molar refractivity (Wildman–Crippen MR) is 87.3 cm³/mol. The van der Waals surface area contributed by atoms with Crippen LogP contribution in [0.1, 0.15) is 23.2 Å². The fourth-order valence-corrected chi connectivity index (χ4v) is 2.68. The van der Waals surface area contributed by atoms with Crippen LogP contribution in [0.3, 0.4) is 0 Å². The van der Waals surface area contributed by atoms with Crippen molar-refractivity contribution in [2.75, 3.05) is 26.2 Å². The number of amides is 2. The van der Waals surface area contributed by atoms with Crippen molar-refractivity contribution >= 4 is 35.8 Å². The molecule has 0 radical (unpaired) electrons. The van der Waals surface area contributed by atoms with E-state index in [2.05, 4.69) is 0 Å². The molecule has 0 unspecified atom stereocenters. The Hall–Kier alpha value is -1.30. The summed E-state index contributed by atoms with van der Waals surface area (Å²) in [5.41, 5.74) is 5.94. The lowest BCUT2D eigenvalue weighted by molar-refractivity contribution is -0.135. The van der Waals surface area contributed by atoms with Crippen LogP contribution in [0.25, 0.3) is 0 Å². The van der Waals surface area contributed by atoms with E-state index in [0.717, 1.165) is 12.8 Å². The molecule has 0 bridgehead atoms. The minimum absolute atomic E-state index is 0. The molecule has 1 aromatic rings. The van der Waals surface area contributed by atoms with Gasteiger partial charge < -0.3 is 15.5 Å². The number of rotatable bonds is 2. The molecule has 1 heterocycles. The average molecular weight is 344 g/mol. The topological polar surface area (TPSA) is 66.6 Å². The van der Waals surface area contributed by atoms with Crippen molar-refractivity contribution < 1.29 is 9.59 Å². The molecule has 120 valence electrons. The van der Waals surface area contributed by atoms with E-state index in [-0.39, 0.29) is 24.2 Å². The molecule has 1 saturated heterocycles. The molecule has 2 aliphatic rings. The van der Waals surface area contributed by atoms with Gasteiger partial charge in [0.15, 0.2) is 0 Å². The monoisotopic (exact) mass is 343 g/mol. The Kier molecular flexibility index (Phi) is 5.00. The number of carbonyl (C=O) groups is 2. The van der Waals surface area contributed by atoms with Crippen molar-refractivity contribution in [2.45, 2.75) is 18.4 Å². The molecular formula is C15H19Cl2N3O2. The summed E-state index contributed by atoms with van der Waals surface area (Å²) < 4.78 is 0. The second kappa shape index (κ2) is 6.44. The number of benzene rings is 1. The van der Waals surface area contributed by atoms with Crippen LogP contribution in [0.15, 0.2) is 24.3 Å². The van der Waals surface area contributed by atoms with Gasteiger partial charge in [-0.05, 0) is 37.1 Å². The van der Waals surface area contributed by atoms with Crippen LogP contribution in [0.2, 0.25) is 5.02 Å². The first kappa shape index (κ1) is 17.1. The first-order chi connectivity index (χ1) is 9.99. The zero-order valence-electron chi connectivity index (χ0n) is 12.1. The summed E-state index contributed by atoms with van der Waals surface area (Å²) in [6.45, 7) is 2.20. The Labute approximate surface area is 140 Å². The van der Waals surface area contributed by atoms with E-state index in [1.54, 1.807) is 34.1 Å². The summed E-state index contributed by atoms with van der Waals surface area (Å²) in [4.78, 5) is 28.0. The molecule has 2 N–H and O–H groups in total. The highest BCUT2D eigenvalue weighted by atomic mass is 35.5. The normalized spacial score (nSPS) is 19.4. The van der Waals surface area contributed by atoms with Gasteiger partial charge in [0.2, 0.25) is 5.91 Å². The third-order valence-electron chi connectivity index (χ3n) is 4.16. The first-order valence-corrected chi connectivity index (χ1v) is 7.50. The van der Waals surface area contributed by atoms with Gasteiger partial charge in [-0.25, -0.2) is 0 Å². The molecule has 7 heteroatoms. The third kappa shape index (κ3) is 3.37. The molecule has 3 rings (SSSR count). The van der Waals surface area contributed by atoms with E-state index in [1.807, 2.05) is 0 Å². The molecule has 0 aromatic heterocycles. The molecule has 1 aromatic carbocycles. The van der Waals surface area contributed by atoms with Crippen molar-refractivity contribution in [3.05, 3.63) is 34.9 Å². The smallest absolute Gasteiger partial charge is 0.253 e. The molecule has 2 amide bonds. The summed E-state index contributed by atoms with van der Waals surface area (Å²) >= 11 is 5.82. The highest BCUT2D eigenvalue weighted by Crippen LogP contribution is 2.34. The van der Waals surface area contributed by atoms with Crippen LogP contribution in [-0.2, 0) is 4.79 Å². The molecule has 2 fully saturated rings. The number of nitrogens with zero attached hydrogens (tertiary/aromatic N) is 2. The van der Waals surface area contributed by atoms with Gasteiger partial charge in [-0.1, -0.05) is 11.6 Å². The van der Waals surface area contributed by atoms with Crippen LogP contribution in [0.5, 0.6) is 0 Å². The standard InChI is InChI=1S/C15H18ClN3O2.ClH/c16-12-3-1-11(2-4-12)13(20)18-7-9-19(10-8-18)14(21)15(17)5-6-15;/h1-4H,5-10,17H2;1H. The van der Waals surface area contributed by atoms with E-state index >= 15 is 0 Å². The molecular weight excluding hydrogens is 325 g/mol. The van der Waals surface area contributed by atoms with Crippen molar-refractivity contribution in [2.24, 2.45) is 5.73 Å². The van der Waals surface area contributed by atoms with Crippen LogP contribution >= 0.6 is 24.0 Å². The van der Waals surface area contributed by atoms with Gasteiger partial charge in [-0.3, -0.25) is 9.59 Å². The minimum Gasteiger partial charge on any atom is -0.338 e. The number of piperazine rings is 1. The van der Waals surface area contributed by atoms with Crippen LogP contribution in [-0.4, -0.2) is 53.3 Å². The maximum absolute atomic E-state index is 12.4. The van der Waals surface area contributed by atoms with Gasteiger partial charge in [0.05, 0.1) is 5.54 Å². The van der Waals surface area contributed by atoms with Crippen LogP contribution in [0.4, 0.5) is 0 Å². The highest BCUT2D eigenvalue weighted by molar-refractivity contribution is 6.30. The molecule has 1 saturated carbocycles. The fourth-order valence-electron chi connectivity index (χ4n) is 2.55. The van der Waals surface area contributed by atoms with E-state index in [9.17, 15) is 9.59 Å². The lowest BCUT2D eigenvalue weighted by Crippen LogP contribution is -2.55. The molecule has 22 heavy (non-hydrogen) atoms. The van der Waals surface area contributed by atoms with Gasteiger partial charge >= 0.3 is 0 Å². The van der Waals surface area contributed by atoms with Gasteiger partial charge in [0.25, 0.3) is 5.91 Å². The maximum Gasteiger partial charge on any atom is 0.253 e. The van der Waals surface area contributed by atoms with Crippen molar-refractivity contribution in [3.8, 4) is 0 Å². The summed E-state index contributed by atoms with van der Waals surface area (Å²) in [6, 6.07) is 6.86. The SMILES string of the molecule is Cl.NC1(C(=O)N2CCN(C(=O)c3ccc(Cl)cc3)CC2)CC1. The predicted octanol–water partition coefficient (Wildman–Crippen LogP) is 1.54. The quantitative estimate of drug-likeness (QED) is 0.885. The zero-order valence-corrected chi connectivity index (χ0v) is 13.7. The summed E-state index contributed by atoms with van der Waals surface area (Å²) in [7, 11) is 0. The summed E-state index contributed by atoms with van der Waals surface area (Å²) in [5, 5.41) is 0.611. The Morgan fingerprint density at radius 1 is 1.00 bits per heavy atom. The lowest BCUT2D eigenvalue weighted by atomic mass is 10.1. The Balaban J connectivity index is 0.00000176.